The van der Waals surface area contributed by atoms with Gasteiger partial charge in [-0.15, -0.1) is 0 Å². The number of nitrogens with zero attached hydrogens (tertiary/aromatic N) is 2. The minimum absolute atomic E-state index is 0.116. The van der Waals surface area contributed by atoms with Crippen LogP contribution in [0.1, 0.15) is 19.4 Å². The summed E-state index contributed by atoms with van der Waals surface area (Å²) in [4.78, 5) is 42.2. The fraction of sp³-hybridized carbons (Fsp3) is 0.182. The molecule has 2 aromatic carbocycles. The molecule has 2 aromatic rings. The maximum atomic E-state index is 13.4. The summed E-state index contributed by atoms with van der Waals surface area (Å²) in [6.07, 6.45) is 0. The van der Waals surface area contributed by atoms with Crippen molar-refractivity contribution in [1.82, 2.24) is 4.90 Å². The molecule has 3 amide bonds. The van der Waals surface area contributed by atoms with Gasteiger partial charge >= 0.3 is 0 Å². The molecule has 2 heterocycles. The molecule has 0 aliphatic carbocycles. The van der Waals surface area contributed by atoms with Gasteiger partial charge in [0.05, 0.1) is 26.9 Å². The van der Waals surface area contributed by atoms with Crippen LogP contribution in [0, 0.1) is 0 Å². The zero-order valence-electron chi connectivity index (χ0n) is 16.7. The van der Waals surface area contributed by atoms with E-state index in [4.69, 9.17) is 23.8 Å². The fourth-order valence-electron chi connectivity index (χ4n) is 3.53. The van der Waals surface area contributed by atoms with Crippen molar-refractivity contribution in [1.29, 1.82) is 0 Å². The van der Waals surface area contributed by atoms with Crippen molar-refractivity contribution >= 4 is 74.6 Å². The van der Waals surface area contributed by atoms with Crippen molar-refractivity contribution in [3.05, 3.63) is 64.0 Å². The number of carbonyl (C=O) groups is 3. The third-order valence-electron chi connectivity index (χ3n) is 4.92. The molecule has 0 atom stereocenters. The molecule has 0 bridgehead atoms. The van der Waals surface area contributed by atoms with Crippen LogP contribution in [0.3, 0.4) is 0 Å². The smallest absolute Gasteiger partial charge is 0.267 e. The summed E-state index contributed by atoms with van der Waals surface area (Å²) in [6, 6.07) is 13.9. The van der Waals surface area contributed by atoms with Crippen LogP contribution < -0.4 is 10.2 Å². The lowest BCUT2D eigenvalue weighted by Crippen LogP contribution is -2.36. The molecule has 2 aliphatic rings. The van der Waals surface area contributed by atoms with Crippen LogP contribution in [0.2, 0.25) is 5.02 Å². The fourth-order valence-corrected chi connectivity index (χ4v) is 5.31. The van der Waals surface area contributed by atoms with Gasteiger partial charge in [0.15, 0.2) is 0 Å². The van der Waals surface area contributed by atoms with E-state index in [9.17, 15) is 14.4 Å². The van der Waals surface area contributed by atoms with Gasteiger partial charge in [-0.2, -0.15) is 0 Å². The Labute approximate surface area is 194 Å². The quantitative estimate of drug-likeness (QED) is 0.531. The van der Waals surface area contributed by atoms with Gasteiger partial charge in [-0.3, -0.25) is 24.2 Å². The molecule has 4 rings (SSSR count). The third kappa shape index (κ3) is 3.86. The first-order valence-electron chi connectivity index (χ1n) is 9.55. The van der Waals surface area contributed by atoms with E-state index < -0.39 is 11.8 Å². The number of thiocarbonyl (C=S) groups is 1. The van der Waals surface area contributed by atoms with Crippen molar-refractivity contribution in [3.63, 3.8) is 0 Å². The van der Waals surface area contributed by atoms with Crippen LogP contribution in [-0.4, -0.2) is 39.5 Å². The minimum atomic E-state index is -0.403. The van der Waals surface area contributed by atoms with Gasteiger partial charge in [0.2, 0.25) is 5.91 Å². The second kappa shape index (κ2) is 8.45. The highest BCUT2D eigenvalue weighted by Crippen LogP contribution is 2.44. The Morgan fingerprint density at radius 2 is 1.77 bits per heavy atom. The van der Waals surface area contributed by atoms with Gasteiger partial charge in [-0.25, -0.2) is 0 Å². The molecule has 1 saturated heterocycles. The van der Waals surface area contributed by atoms with E-state index in [0.717, 1.165) is 11.8 Å². The first kappa shape index (κ1) is 21.5. The average molecular weight is 472 g/mol. The van der Waals surface area contributed by atoms with Crippen LogP contribution in [0.25, 0.3) is 5.57 Å². The number of halogens is 1. The number of thioether (sulfide) groups is 1. The summed E-state index contributed by atoms with van der Waals surface area (Å²) in [7, 11) is 0. The number of para-hydroxylation sites is 2. The maximum Gasteiger partial charge on any atom is 0.267 e. The van der Waals surface area contributed by atoms with Crippen molar-refractivity contribution in [2.24, 2.45) is 0 Å². The number of fused-ring (bicyclic) bond motifs is 1. The van der Waals surface area contributed by atoms with Gasteiger partial charge < -0.3 is 5.32 Å². The van der Waals surface area contributed by atoms with Gasteiger partial charge in [0.1, 0.15) is 10.9 Å². The van der Waals surface area contributed by atoms with E-state index in [-0.39, 0.29) is 24.1 Å². The molecule has 6 nitrogen and oxygen atoms in total. The number of benzene rings is 2. The molecule has 31 heavy (non-hydrogen) atoms. The molecule has 0 spiro atoms. The molecular formula is C22H18ClN3O3S2. The normalized spacial score (nSPS) is 18.3. The zero-order valence-corrected chi connectivity index (χ0v) is 19.1. The van der Waals surface area contributed by atoms with Crippen molar-refractivity contribution in [3.8, 4) is 0 Å². The molecule has 1 fully saturated rings. The van der Waals surface area contributed by atoms with E-state index >= 15 is 0 Å². The maximum absolute atomic E-state index is 13.4. The number of carbonyl (C=O) groups excluding carboxylic acids is 3. The Hall–Kier alpha value is -2.68. The summed E-state index contributed by atoms with van der Waals surface area (Å²) in [5.41, 5.74) is 1.93. The molecule has 0 radical (unpaired) electrons. The van der Waals surface area contributed by atoms with Gasteiger partial charge in [-0.05, 0) is 32.0 Å². The van der Waals surface area contributed by atoms with E-state index in [0.29, 0.717) is 31.2 Å². The summed E-state index contributed by atoms with van der Waals surface area (Å²) < 4.78 is 0.419. The topological polar surface area (TPSA) is 69.7 Å². The molecular weight excluding hydrogens is 454 g/mol. The molecule has 9 heteroatoms. The van der Waals surface area contributed by atoms with Crippen LogP contribution in [0.4, 0.5) is 11.4 Å². The summed E-state index contributed by atoms with van der Waals surface area (Å²) in [5, 5.41) is 3.13. The molecule has 0 saturated carbocycles. The van der Waals surface area contributed by atoms with E-state index in [1.165, 1.54) is 9.80 Å². The number of amides is 3. The summed E-state index contributed by atoms with van der Waals surface area (Å²) >= 11 is 12.6. The van der Waals surface area contributed by atoms with Crippen molar-refractivity contribution in [2.75, 3.05) is 16.8 Å². The zero-order chi connectivity index (χ0) is 22.3. The summed E-state index contributed by atoms with van der Waals surface area (Å²) in [6.45, 7) is 3.53. The highest BCUT2D eigenvalue weighted by molar-refractivity contribution is 8.26. The van der Waals surface area contributed by atoms with E-state index in [1.54, 1.807) is 48.5 Å². The minimum Gasteiger partial charge on any atom is -0.323 e. The number of rotatable bonds is 4. The van der Waals surface area contributed by atoms with Gasteiger partial charge in [-0.1, -0.05) is 65.9 Å². The average Bonchev–Trinajstić information content (AvgIpc) is 3.16. The number of hydrogen-bond acceptors (Lipinski definition) is 5. The van der Waals surface area contributed by atoms with Crippen LogP contribution in [0.15, 0.2) is 53.4 Å². The molecule has 0 unspecified atom stereocenters. The Morgan fingerprint density at radius 3 is 2.45 bits per heavy atom. The largest absolute Gasteiger partial charge is 0.323 e. The standard InChI is InChI=1S/C22H18ClN3O3S2/c1-12(2)26-21(29)19(31-22(26)30)18-13-7-3-6-10-16(13)25(20(18)28)11-17(27)24-15-9-5-4-8-14(15)23/h3-10,12H,11H2,1-2H3,(H,24,27)/b19-18+. The van der Waals surface area contributed by atoms with Crippen molar-refractivity contribution in [2.45, 2.75) is 19.9 Å². The second-order valence-electron chi connectivity index (χ2n) is 7.28. The Morgan fingerprint density at radius 1 is 1.10 bits per heavy atom. The lowest BCUT2D eigenvalue weighted by molar-refractivity contribution is -0.123. The Bertz CT molecular complexity index is 1160. The predicted molar refractivity (Wildman–Crippen MR) is 128 cm³/mol. The number of anilines is 2. The van der Waals surface area contributed by atoms with E-state index in [2.05, 4.69) is 5.32 Å². The number of nitrogens with one attached hydrogen (secondary N) is 1. The highest BCUT2D eigenvalue weighted by Gasteiger charge is 2.43. The second-order valence-corrected chi connectivity index (χ2v) is 9.33. The van der Waals surface area contributed by atoms with E-state index in [1.807, 2.05) is 13.8 Å². The summed E-state index contributed by atoms with van der Waals surface area (Å²) in [5.74, 6) is -1.09. The lowest BCUT2D eigenvalue weighted by Gasteiger charge is -2.18. The molecule has 2 aliphatic heterocycles. The highest BCUT2D eigenvalue weighted by atomic mass is 35.5. The van der Waals surface area contributed by atoms with Gasteiger partial charge in [0.25, 0.3) is 11.8 Å². The molecule has 1 N–H and O–H groups in total. The molecule has 0 aromatic heterocycles. The SMILES string of the molecule is CC(C)N1C(=O)/C(=C2\C(=O)N(CC(=O)Nc3ccccc3Cl)c3ccccc32)SC1=S. The first-order valence-corrected chi connectivity index (χ1v) is 11.1. The molecule has 158 valence electrons. The van der Waals surface area contributed by atoms with Crippen LogP contribution in [-0.2, 0) is 14.4 Å². The third-order valence-corrected chi connectivity index (χ3v) is 6.65. The van der Waals surface area contributed by atoms with Crippen LogP contribution >= 0.6 is 35.6 Å². The first-order chi connectivity index (χ1) is 14.8. The Kier molecular flexibility index (Phi) is 5.88. The Balaban J connectivity index is 1.67. The van der Waals surface area contributed by atoms with Crippen LogP contribution in [0.5, 0.6) is 0 Å². The monoisotopic (exact) mass is 471 g/mol. The number of hydrogen-bond donors (Lipinski definition) is 1. The predicted octanol–water partition coefficient (Wildman–Crippen LogP) is 4.31. The van der Waals surface area contributed by atoms with Gasteiger partial charge in [0, 0.05) is 11.6 Å². The lowest BCUT2D eigenvalue weighted by atomic mass is 10.1. The van der Waals surface area contributed by atoms with Crippen molar-refractivity contribution < 1.29 is 14.4 Å².